The van der Waals surface area contributed by atoms with E-state index < -0.39 is 38.4 Å². The molecule has 0 aromatic heterocycles. The van der Waals surface area contributed by atoms with E-state index in [1.54, 1.807) is 7.11 Å². The number of carbonyl (C=O) groups excluding carboxylic acids is 1. The third kappa shape index (κ3) is 5.31. The average Bonchev–Trinajstić information content (AvgIpc) is 2.84. The fourth-order valence-electron chi connectivity index (χ4n) is 4.35. The lowest BCUT2D eigenvalue weighted by Gasteiger charge is -2.36. The van der Waals surface area contributed by atoms with Crippen molar-refractivity contribution in [3.8, 4) is 17.2 Å². The molecule has 200 valence electrons. The number of benzene rings is 2. The average molecular weight is 525 g/mol. The van der Waals surface area contributed by atoms with Crippen LogP contribution in [-0.2, 0) is 11.2 Å². The normalized spacial score (nSPS) is 15.9. The topological polar surface area (TPSA) is 140 Å². The van der Waals surface area contributed by atoms with Gasteiger partial charge < -0.3 is 18.9 Å². The van der Waals surface area contributed by atoms with E-state index in [4.69, 9.17) is 18.9 Å². The molecule has 0 saturated heterocycles. The zero-order valence-electron chi connectivity index (χ0n) is 21.7. The largest absolute Gasteiger partial charge is 0.496 e. The lowest BCUT2D eigenvalue weighted by molar-refractivity contribution is -0.394. The summed E-state index contributed by atoms with van der Waals surface area (Å²) in [6.07, 6.45) is 8.64. The van der Waals surface area contributed by atoms with Crippen LogP contribution in [0.25, 0.3) is 12.2 Å². The van der Waals surface area contributed by atoms with Gasteiger partial charge in [-0.3, -0.25) is 20.2 Å². The summed E-state index contributed by atoms with van der Waals surface area (Å²) in [5.74, 6) is 0.991. The maximum Gasteiger partial charge on any atom is 0.338 e. The van der Waals surface area contributed by atoms with Crippen LogP contribution in [0.3, 0.4) is 0 Å². The molecule has 11 heteroatoms. The fraction of sp³-hybridized carbons (Fsp3) is 0.370. The number of non-ortho nitro benzene ring substituents is 2. The van der Waals surface area contributed by atoms with Gasteiger partial charge in [0.05, 0.1) is 46.3 Å². The Hall–Kier alpha value is -4.41. The summed E-state index contributed by atoms with van der Waals surface area (Å²) in [6.45, 7) is 7.75. The van der Waals surface area contributed by atoms with Crippen LogP contribution in [-0.4, -0.2) is 40.7 Å². The van der Waals surface area contributed by atoms with Crippen LogP contribution in [0.15, 0.2) is 30.4 Å². The Morgan fingerprint density at radius 2 is 1.45 bits per heavy atom. The Kier molecular flexibility index (Phi) is 6.88. The maximum atomic E-state index is 12.5. The minimum absolute atomic E-state index is 0.0388. The van der Waals surface area contributed by atoms with E-state index in [2.05, 4.69) is 0 Å². The Morgan fingerprint density at radius 1 is 0.895 bits per heavy atom. The standard InChI is InChI=1S/C27H28N2O9/c1-26(2)10-8-20-22(35-5)19(23-21(24(20)38-26)9-11-27(3,4)37-23)7-6-12-36-25(30)16-13-17(28(31)32)15-18(14-16)29(33)34/h8-11,13-15H,6-7,12H2,1-5H3. The second-order valence-electron chi connectivity index (χ2n) is 10.1. The zero-order valence-corrected chi connectivity index (χ0v) is 21.7. The Balaban J connectivity index is 1.58. The summed E-state index contributed by atoms with van der Waals surface area (Å²) in [4.78, 5) is 33.2. The molecule has 2 aromatic carbocycles. The summed E-state index contributed by atoms with van der Waals surface area (Å²) < 4.78 is 23.7. The zero-order chi connectivity index (χ0) is 27.8. The van der Waals surface area contributed by atoms with Gasteiger partial charge in [0.2, 0.25) is 0 Å². The molecule has 0 fully saturated rings. The van der Waals surface area contributed by atoms with Gasteiger partial charge in [0.1, 0.15) is 28.5 Å². The molecule has 2 aliphatic heterocycles. The summed E-state index contributed by atoms with van der Waals surface area (Å²) in [5, 5.41) is 22.2. The number of fused-ring (bicyclic) bond motifs is 3. The van der Waals surface area contributed by atoms with Crippen molar-refractivity contribution in [2.24, 2.45) is 0 Å². The number of nitro groups is 2. The highest BCUT2D eigenvalue weighted by Crippen LogP contribution is 2.51. The number of rotatable bonds is 8. The molecule has 2 aliphatic rings. The van der Waals surface area contributed by atoms with Crippen molar-refractivity contribution in [3.05, 3.63) is 72.8 Å². The number of nitrogens with zero attached hydrogens (tertiary/aromatic N) is 2. The second kappa shape index (κ2) is 9.81. The minimum Gasteiger partial charge on any atom is -0.496 e. The van der Waals surface area contributed by atoms with Gasteiger partial charge in [-0.25, -0.2) is 4.79 Å². The number of nitro benzene ring substituents is 2. The molecule has 0 spiro atoms. The van der Waals surface area contributed by atoms with Crippen molar-refractivity contribution in [1.82, 2.24) is 0 Å². The molecule has 0 atom stereocenters. The van der Waals surface area contributed by atoms with E-state index in [1.807, 2.05) is 52.0 Å². The van der Waals surface area contributed by atoms with E-state index >= 15 is 0 Å². The summed E-state index contributed by atoms with van der Waals surface area (Å²) in [5.41, 5.74) is -0.106. The monoisotopic (exact) mass is 524 g/mol. The van der Waals surface area contributed by atoms with E-state index in [0.29, 0.717) is 30.1 Å². The van der Waals surface area contributed by atoms with Crippen molar-refractivity contribution < 1.29 is 33.6 Å². The van der Waals surface area contributed by atoms with Crippen LogP contribution in [0.5, 0.6) is 17.2 Å². The molecule has 0 aliphatic carbocycles. The number of hydrogen-bond acceptors (Lipinski definition) is 9. The molecular formula is C27H28N2O9. The van der Waals surface area contributed by atoms with E-state index in [0.717, 1.165) is 34.9 Å². The Bertz CT molecular complexity index is 1360. The van der Waals surface area contributed by atoms with Crippen molar-refractivity contribution in [2.75, 3.05) is 13.7 Å². The molecule has 0 amide bonds. The predicted molar refractivity (Wildman–Crippen MR) is 139 cm³/mol. The maximum absolute atomic E-state index is 12.5. The first-order valence-electron chi connectivity index (χ1n) is 12.0. The lowest BCUT2D eigenvalue weighted by atomic mass is 9.90. The van der Waals surface area contributed by atoms with Crippen molar-refractivity contribution in [1.29, 1.82) is 0 Å². The van der Waals surface area contributed by atoms with Crippen LogP contribution >= 0.6 is 0 Å². The van der Waals surface area contributed by atoms with Gasteiger partial charge in [0, 0.05) is 17.7 Å². The van der Waals surface area contributed by atoms with Crippen molar-refractivity contribution in [2.45, 2.75) is 51.7 Å². The Morgan fingerprint density at radius 3 is 2.00 bits per heavy atom. The highest BCUT2D eigenvalue weighted by atomic mass is 16.6. The van der Waals surface area contributed by atoms with Gasteiger partial charge in [-0.1, -0.05) is 0 Å². The number of carbonyl (C=O) groups is 1. The fourth-order valence-corrected chi connectivity index (χ4v) is 4.35. The molecule has 4 rings (SSSR count). The van der Waals surface area contributed by atoms with Crippen LogP contribution in [0.4, 0.5) is 11.4 Å². The molecule has 11 nitrogen and oxygen atoms in total. The molecule has 0 saturated carbocycles. The smallest absolute Gasteiger partial charge is 0.338 e. The molecule has 0 N–H and O–H groups in total. The first-order chi connectivity index (χ1) is 17.8. The van der Waals surface area contributed by atoms with Crippen molar-refractivity contribution >= 4 is 29.5 Å². The first-order valence-corrected chi connectivity index (χ1v) is 12.0. The third-order valence-corrected chi connectivity index (χ3v) is 6.13. The quantitative estimate of drug-likeness (QED) is 0.185. The molecule has 38 heavy (non-hydrogen) atoms. The number of methoxy groups -OCH3 is 1. The molecule has 0 unspecified atom stereocenters. The van der Waals surface area contributed by atoms with E-state index in [1.165, 1.54) is 0 Å². The molecule has 2 heterocycles. The van der Waals surface area contributed by atoms with Gasteiger partial charge in [0.15, 0.2) is 0 Å². The summed E-state index contributed by atoms with van der Waals surface area (Å²) in [6, 6.07) is 2.69. The van der Waals surface area contributed by atoms with Crippen LogP contribution in [0.1, 0.15) is 61.2 Å². The SMILES string of the molecule is COc1c2c(c3c(c1CCCOC(=O)c1cc([N+](=O)[O-])cc([N+](=O)[O-])c1)OC(C)(C)C=C3)OC(C)(C)C=C2. The van der Waals surface area contributed by atoms with Crippen LogP contribution in [0.2, 0.25) is 0 Å². The van der Waals surface area contributed by atoms with Gasteiger partial charge in [-0.15, -0.1) is 0 Å². The van der Waals surface area contributed by atoms with E-state index in [-0.39, 0.29) is 12.2 Å². The highest BCUT2D eigenvalue weighted by Gasteiger charge is 2.34. The lowest BCUT2D eigenvalue weighted by Crippen LogP contribution is -2.31. The number of hydrogen-bond donors (Lipinski definition) is 0. The molecular weight excluding hydrogens is 496 g/mol. The van der Waals surface area contributed by atoms with Crippen molar-refractivity contribution in [3.63, 3.8) is 0 Å². The first kappa shape index (κ1) is 26.6. The number of ether oxygens (including phenoxy) is 4. The minimum atomic E-state index is -0.893. The van der Waals surface area contributed by atoms with Crippen LogP contribution in [0, 0.1) is 20.2 Å². The molecule has 0 bridgehead atoms. The molecule has 0 radical (unpaired) electrons. The highest BCUT2D eigenvalue weighted by molar-refractivity contribution is 5.91. The van der Waals surface area contributed by atoms with E-state index in [9.17, 15) is 25.0 Å². The Labute approximate surface area is 218 Å². The second-order valence-corrected chi connectivity index (χ2v) is 10.1. The number of esters is 1. The van der Waals surface area contributed by atoms with Crippen LogP contribution < -0.4 is 14.2 Å². The van der Waals surface area contributed by atoms with Gasteiger partial charge in [-0.2, -0.15) is 0 Å². The van der Waals surface area contributed by atoms with Gasteiger partial charge >= 0.3 is 5.97 Å². The van der Waals surface area contributed by atoms with Gasteiger partial charge in [-0.05, 0) is 64.8 Å². The van der Waals surface area contributed by atoms with Gasteiger partial charge in [0.25, 0.3) is 11.4 Å². The molecule has 2 aromatic rings. The predicted octanol–water partition coefficient (Wildman–Crippen LogP) is 5.67. The summed E-state index contributed by atoms with van der Waals surface area (Å²) >= 11 is 0. The third-order valence-electron chi connectivity index (χ3n) is 6.13. The summed E-state index contributed by atoms with van der Waals surface area (Å²) in [7, 11) is 1.57.